The van der Waals surface area contributed by atoms with E-state index in [0.29, 0.717) is 38.5 Å². The van der Waals surface area contributed by atoms with Crippen LogP contribution >= 0.6 is 22.9 Å². The van der Waals surface area contributed by atoms with Crippen molar-refractivity contribution in [2.45, 2.75) is 58.0 Å². The van der Waals surface area contributed by atoms with Crippen LogP contribution < -0.4 is 0 Å². The molecule has 1 aromatic heterocycles. The second kappa shape index (κ2) is 11.8. The summed E-state index contributed by atoms with van der Waals surface area (Å²) in [4.78, 5) is 24.1. The second-order valence-corrected chi connectivity index (χ2v) is 10.2. The third-order valence-corrected chi connectivity index (χ3v) is 7.97. The van der Waals surface area contributed by atoms with Crippen molar-refractivity contribution in [1.82, 2.24) is 0 Å². The molecule has 1 aliphatic carbocycles. The Labute approximate surface area is 198 Å². The predicted octanol–water partition coefficient (Wildman–Crippen LogP) is 6.45. The van der Waals surface area contributed by atoms with Gasteiger partial charge in [0, 0.05) is 33.7 Å². The molecular weight excluding hydrogens is 444 g/mol. The number of hydrogen-bond donors (Lipinski definition) is 2. The number of carbonyl (C=O) groups excluding carboxylic acids is 1. The van der Waals surface area contributed by atoms with Gasteiger partial charge < -0.3 is 10.2 Å². The van der Waals surface area contributed by atoms with E-state index in [0.717, 1.165) is 20.0 Å². The van der Waals surface area contributed by atoms with Crippen LogP contribution in [-0.2, 0) is 16.0 Å². The van der Waals surface area contributed by atoms with Crippen molar-refractivity contribution < 1.29 is 19.8 Å². The number of aryl methyl sites for hydroxylation is 1. The third kappa shape index (κ3) is 6.53. The van der Waals surface area contributed by atoms with Crippen LogP contribution in [0.5, 0.6) is 0 Å². The van der Waals surface area contributed by atoms with E-state index < -0.39 is 12.1 Å². The average Bonchev–Trinajstić information content (AvgIpc) is 3.22. The van der Waals surface area contributed by atoms with Crippen LogP contribution in [-0.4, -0.2) is 28.1 Å². The van der Waals surface area contributed by atoms with Gasteiger partial charge in [0.1, 0.15) is 5.78 Å². The molecule has 32 heavy (non-hydrogen) atoms. The molecule has 0 saturated heterocycles. The summed E-state index contributed by atoms with van der Waals surface area (Å²) in [5, 5.41) is 21.1. The summed E-state index contributed by atoms with van der Waals surface area (Å²) in [6.07, 6.45) is 11.3. The monoisotopic (exact) mass is 474 g/mol. The van der Waals surface area contributed by atoms with Crippen LogP contribution in [0, 0.1) is 17.8 Å². The second-order valence-electron chi connectivity index (χ2n) is 8.65. The molecule has 172 valence electrons. The number of halogens is 1. The number of thiophene rings is 1. The molecular formula is C26H31ClO4S. The highest BCUT2D eigenvalue weighted by Gasteiger charge is 2.37. The SMILES string of the molecule is C[C@@H]1CC(=O)[C@H](CC=CCCCC(=O)O)[C@H]1C=CC(O)CCc1sc2ccccc2c1Cl. The lowest BCUT2D eigenvalue weighted by molar-refractivity contribution is -0.137. The Hall–Kier alpha value is -1.95. The van der Waals surface area contributed by atoms with Crippen molar-refractivity contribution in [2.24, 2.45) is 17.8 Å². The van der Waals surface area contributed by atoms with E-state index in [1.165, 1.54) is 0 Å². The van der Waals surface area contributed by atoms with Crippen molar-refractivity contribution in [3.8, 4) is 0 Å². The Balaban J connectivity index is 1.53. The normalized spacial score (nSPS) is 22.5. The summed E-state index contributed by atoms with van der Waals surface area (Å²) >= 11 is 8.18. The van der Waals surface area contributed by atoms with E-state index in [9.17, 15) is 14.7 Å². The van der Waals surface area contributed by atoms with Crippen LogP contribution in [0.25, 0.3) is 10.1 Å². The van der Waals surface area contributed by atoms with Gasteiger partial charge >= 0.3 is 5.97 Å². The molecule has 0 aliphatic heterocycles. The summed E-state index contributed by atoms with van der Waals surface area (Å²) in [6, 6.07) is 8.06. The molecule has 1 heterocycles. The van der Waals surface area contributed by atoms with Gasteiger partial charge in [-0.15, -0.1) is 11.3 Å². The van der Waals surface area contributed by atoms with Crippen LogP contribution in [0.3, 0.4) is 0 Å². The lowest BCUT2D eigenvalue weighted by Crippen LogP contribution is -2.15. The quantitative estimate of drug-likeness (QED) is 0.290. The maximum absolute atomic E-state index is 12.5. The first-order valence-corrected chi connectivity index (χ1v) is 12.5. The van der Waals surface area contributed by atoms with E-state index in [2.05, 4.69) is 13.0 Å². The summed E-state index contributed by atoms with van der Waals surface area (Å²) in [6.45, 7) is 2.09. The molecule has 0 radical (unpaired) electrons. The maximum Gasteiger partial charge on any atom is 0.303 e. The Morgan fingerprint density at radius 1 is 1.31 bits per heavy atom. The Morgan fingerprint density at radius 3 is 2.84 bits per heavy atom. The van der Waals surface area contributed by atoms with E-state index in [1.807, 2.05) is 42.5 Å². The molecule has 6 heteroatoms. The topological polar surface area (TPSA) is 74.6 Å². The highest BCUT2D eigenvalue weighted by atomic mass is 35.5. The lowest BCUT2D eigenvalue weighted by atomic mass is 9.87. The van der Waals surface area contributed by atoms with Gasteiger partial charge in [-0.1, -0.05) is 61.0 Å². The summed E-state index contributed by atoms with van der Waals surface area (Å²) in [7, 11) is 0. The first-order valence-electron chi connectivity index (χ1n) is 11.3. The zero-order valence-corrected chi connectivity index (χ0v) is 19.9. The molecule has 3 rings (SSSR count). The highest BCUT2D eigenvalue weighted by molar-refractivity contribution is 7.19. The molecule has 4 nitrogen and oxygen atoms in total. The zero-order valence-electron chi connectivity index (χ0n) is 18.4. The van der Waals surface area contributed by atoms with Crippen molar-refractivity contribution in [2.75, 3.05) is 0 Å². The van der Waals surface area contributed by atoms with E-state index in [-0.39, 0.29) is 30.0 Å². The number of carboxylic acids is 1. The van der Waals surface area contributed by atoms with Gasteiger partial charge in [0.05, 0.1) is 11.1 Å². The highest BCUT2D eigenvalue weighted by Crippen LogP contribution is 2.38. The minimum absolute atomic E-state index is 0.0683. The molecule has 0 amide bonds. The minimum atomic E-state index is -0.781. The van der Waals surface area contributed by atoms with E-state index in [1.54, 1.807) is 11.3 Å². The van der Waals surface area contributed by atoms with Gasteiger partial charge in [-0.3, -0.25) is 9.59 Å². The first-order chi connectivity index (χ1) is 15.4. The number of aliphatic hydroxyl groups excluding tert-OH is 1. The molecule has 2 N–H and O–H groups in total. The Kier molecular flexibility index (Phi) is 9.09. The van der Waals surface area contributed by atoms with Crippen molar-refractivity contribution >= 4 is 44.8 Å². The molecule has 4 atom stereocenters. The number of benzene rings is 1. The number of Topliss-reactive ketones (excluding diaryl/α,β-unsaturated/α-hetero) is 1. The lowest BCUT2D eigenvalue weighted by Gasteiger charge is -2.17. The molecule has 1 aliphatic rings. The van der Waals surface area contributed by atoms with Crippen LogP contribution in [0.1, 0.15) is 50.3 Å². The number of allylic oxidation sites excluding steroid dienone is 3. The summed E-state index contributed by atoms with van der Waals surface area (Å²) < 4.78 is 1.16. The molecule has 1 fully saturated rings. The zero-order chi connectivity index (χ0) is 23.1. The fourth-order valence-electron chi connectivity index (χ4n) is 4.42. The minimum Gasteiger partial charge on any atom is -0.481 e. The van der Waals surface area contributed by atoms with E-state index in [4.69, 9.17) is 16.7 Å². The number of hydrogen-bond acceptors (Lipinski definition) is 4. The predicted molar refractivity (Wildman–Crippen MR) is 131 cm³/mol. The molecule has 1 unspecified atom stereocenters. The van der Waals surface area contributed by atoms with Gasteiger partial charge in [-0.25, -0.2) is 0 Å². The third-order valence-electron chi connectivity index (χ3n) is 6.20. The summed E-state index contributed by atoms with van der Waals surface area (Å²) in [5.74, 6) is -0.200. The number of aliphatic carboxylic acids is 1. The van der Waals surface area contributed by atoms with Gasteiger partial charge in [0.25, 0.3) is 0 Å². The number of aliphatic hydroxyl groups is 1. The number of rotatable bonds is 11. The maximum atomic E-state index is 12.5. The van der Waals surface area contributed by atoms with Crippen LogP contribution in [0.4, 0.5) is 0 Å². The molecule has 0 spiro atoms. The standard InChI is InChI=1S/C26H31ClO4S/c1-17-16-22(29)20(8-4-2-3-5-11-25(30)31)19(17)14-12-18(28)13-15-24-26(27)21-9-6-7-10-23(21)32-24/h2,4,6-7,9-10,12,14,17-20,28H,3,5,8,11,13,15-16H2,1H3,(H,30,31)/t17-,18?,19+,20-/m1/s1. The number of unbranched alkanes of at least 4 members (excludes halogenated alkanes) is 1. The number of ketones is 1. The summed E-state index contributed by atoms with van der Waals surface area (Å²) in [5.41, 5.74) is 0. The Morgan fingerprint density at radius 2 is 2.09 bits per heavy atom. The van der Waals surface area contributed by atoms with Crippen molar-refractivity contribution in [3.63, 3.8) is 0 Å². The Bertz CT molecular complexity index is 993. The van der Waals surface area contributed by atoms with Crippen molar-refractivity contribution in [1.29, 1.82) is 0 Å². The first kappa shape index (κ1) is 24.7. The number of carboxylic acid groups (broad SMARTS) is 1. The van der Waals surface area contributed by atoms with Gasteiger partial charge in [0.15, 0.2) is 0 Å². The number of carbonyl (C=O) groups is 2. The molecule has 1 saturated carbocycles. The fraction of sp³-hybridized carbons (Fsp3) is 0.462. The van der Waals surface area contributed by atoms with E-state index >= 15 is 0 Å². The largest absolute Gasteiger partial charge is 0.481 e. The van der Waals surface area contributed by atoms with Crippen LogP contribution in [0.2, 0.25) is 5.02 Å². The average molecular weight is 475 g/mol. The van der Waals surface area contributed by atoms with Crippen LogP contribution in [0.15, 0.2) is 48.6 Å². The smallest absolute Gasteiger partial charge is 0.303 e. The van der Waals surface area contributed by atoms with Crippen molar-refractivity contribution in [3.05, 3.63) is 58.5 Å². The van der Waals surface area contributed by atoms with Gasteiger partial charge in [0.2, 0.25) is 0 Å². The van der Waals surface area contributed by atoms with Gasteiger partial charge in [-0.05, 0) is 50.0 Å². The molecule has 0 bridgehead atoms. The molecule has 2 aromatic rings. The number of fused-ring (bicyclic) bond motifs is 1. The van der Waals surface area contributed by atoms with Gasteiger partial charge in [-0.2, -0.15) is 0 Å². The fourth-order valence-corrected chi connectivity index (χ4v) is 5.96. The molecule has 1 aromatic carbocycles.